The van der Waals surface area contributed by atoms with Crippen LogP contribution in [0.15, 0.2) is 0 Å². The van der Waals surface area contributed by atoms with Gasteiger partial charge in [-0.2, -0.15) is 0 Å². The van der Waals surface area contributed by atoms with Crippen LogP contribution < -0.4 is 5.32 Å². The van der Waals surface area contributed by atoms with Crippen molar-refractivity contribution < 1.29 is 9.84 Å². The molecule has 0 radical (unpaired) electrons. The predicted octanol–water partition coefficient (Wildman–Crippen LogP) is 2.33. The summed E-state index contributed by atoms with van der Waals surface area (Å²) in [5, 5.41) is 12.7. The summed E-state index contributed by atoms with van der Waals surface area (Å²) in [4.78, 5) is 0. The molecule has 0 saturated carbocycles. The quantitative estimate of drug-likeness (QED) is 0.507. The van der Waals surface area contributed by atoms with Crippen LogP contribution in [0.25, 0.3) is 0 Å². The normalized spacial score (nSPS) is 12.9. The maximum absolute atomic E-state index is 9.38. The van der Waals surface area contributed by atoms with Gasteiger partial charge in [-0.1, -0.05) is 39.0 Å². The molecule has 0 heterocycles. The van der Waals surface area contributed by atoms with Gasteiger partial charge in [0.25, 0.3) is 0 Å². The molecule has 2 N–H and O–H groups in total. The number of nitrogens with one attached hydrogen (secondary N) is 1. The Hall–Kier alpha value is -0.120. The van der Waals surface area contributed by atoms with Crippen LogP contribution in [0.2, 0.25) is 0 Å². The van der Waals surface area contributed by atoms with E-state index in [1.807, 2.05) is 0 Å². The lowest BCUT2D eigenvalue weighted by Gasteiger charge is -2.09. The highest BCUT2D eigenvalue weighted by molar-refractivity contribution is 4.57. The first-order valence-corrected chi connectivity index (χ1v) is 6.69. The van der Waals surface area contributed by atoms with Crippen LogP contribution in [0.3, 0.4) is 0 Å². The van der Waals surface area contributed by atoms with Gasteiger partial charge in [0.1, 0.15) is 0 Å². The number of rotatable bonds is 12. The molecule has 3 nitrogen and oxygen atoms in total. The van der Waals surface area contributed by atoms with E-state index in [9.17, 15) is 5.11 Å². The minimum absolute atomic E-state index is 0.318. The fraction of sp³-hybridized carbons (Fsp3) is 1.00. The number of hydrogen-bond acceptors (Lipinski definition) is 3. The Balaban J connectivity index is 2.98. The third kappa shape index (κ3) is 12.0. The molecule has 1 atom stereocenters. The molecule has 0 aliphatic rings. The Labute approximate surface area is 101 Å². The van der Waals surface area contributed by atoms with Crippen molar-refractivity contribution in [3.8, 4) is 0 Å². The van der Waals surface area contributed by atoms with Gasteiger partial charge in [0, 0.05) is 7.11 Å². The summed E-state index contributed by atoms with van der Waals surface area (Å²) >= 11 is 0. The topological polar surface area (TPSA) is 41.5 Å². The van der Waals surface area contributed by atoms with Gasteiger partial charge in [-0.25, -0.2) is 0 Å². The summed E-state index contributed by atoms with van der Waals surface area (Å²) in [6.45, 7) is 4.65. The Morgan fingerprint density at radius 3 is 2.44 bits per heavy atom. The van der Waals surface area contributed by atoms with Crippen LogP contribution in [0.4, 0.5) is 0 Å². The van der Waals surface area contributed by atoms with E-state index in [2.05, 4.69) is 12.2 Å². The number of aliphatic hydroxyl groups excluding tert-OH is 1. The van der Waals surface area contributed by atoms with Crippen molar-refractivity contribution in [1.82, 2.24) is 5.32 Å². The molecule has 0 aliphatic heterocycles. The SMILES string of the molecule is CCCCCCCCNCCC(O)COC. The summed E-state index contributed by atoms with van der Waals surface area (Å²) in [6, 6.07) is 0. The van der Waals surface area contributed by atoms with E-state index >= 15 is 0 Å². The third-order valence-corrected chi connectivity index (χ3v) is 2.72. The highest BCUT2D eigenvalue weighted by atomic mass is 16.5. The molecular weight excluding hydrogens is 202 g/mol. The summed E-state index contributed by atoms with van der Waals surface area (Å²) in [5.41, 5.74) is 0. The van der Waals surface area contributed by atoms with Crippen LogP contribution in [-0.4, -0.2) is 38.0 Å². The molecule has 0 saturated heterocycles. The fourth-order valence-corrected chi connectivity index (χ4v) is 1.70. The van der Waals surface area contributed by atoms with Crippen LogP contribution in [0, 0.1) is 0 Å². The van der Waals surface area contributed by atoms with Gasteiger partial charge < -0.3 is 15.2 Å². The maximum atomic E-state index is 9.38. The number of unbranched alkanes of at least 4 members (excludes halogenated alkanes) is 5. The standard InChI is InChI=1S/C13H29NO2/c1-3-4-5-6-7-8-10-14-11-9-13(15)12-16-2/h13-15H,3-12H2,1-2H3. The van der Waals surface area contributed by atoms with Crippen LogP contribution >= 0.6 is 0 Å². The van der Waals surface area contributed by atoms with E-state index in [0.29, 0.717) is 6.61 Å². The molecule has 0 amide bonds. The second-order valence-electron chi connectivity index (χ2n) is 4.42. The lowest BCUT2D eigenvalue weighted by molar-refractivity contribution is 0.0595. The fourth-order valence-electron chi connectivity index (χ4n) is 1.70. The summed E-state index contributed by atoms with van der Waals surface area (Å²) in [6.07, 6.45) is 8.47. The van der Waals surface area contributed by atoms with Gasteiger partial charge in [-0.05, 0) is 25.9 Å². The Morgan fingerprint density at radius 2 is 1.75 bits per heavy atom. The third-order valence-electron chi connectivity index (χ3n) is 2.72. The molecular formula is C13H29NO2. The van der Waals surface area contributed by atoms with E-state index in [1.165, 1.54) is 38.5 Å². The Kier molecular flexibility index (Phi) is 12.9. The van der Waals surface area contributed by atoms with Gasteiger partial charge in [0.2, 0.25) is 0 Å². The molecule has 0 aliphatic carbocycles. The average molecular weight is 231 g/mol. The smallest absolute Gasteiger partial charge is 0.0785 e. The minimum Gasteiger partial charge on any atom is -0.391 e. The zero-order valence-electron chi connectivity index (χ0n) is 11.0. The molecule has 16 heavy (non-hydrogen) atoms. The highest BCUT2D eigenvalue weighted by Gasteiger charge is 2.01. The molecule has 1 unspecified atom stereocenters. The summed E-state index contributed by atoms with van der Waals surface area (Å²) in [5.74, 6) is 0. The van der Waals surface area contributed by atoms with E-state index in [1.54, 1.807) is 7.11 Å². The molecule has 0 aromatic rings. The predicted molar refractivity (Wildman–Crippen MR) is 68.7 cm³/mol. The van der Waals surface area contributed by atoms with Gasteiger partial charge in [0.05, 0.1) is 12.7 Å². The molecule has 98 valence electrons. The number of hydrogen-bond donors (Lipinski definition) is 2. The number of ether oxygens (including phenoxy) is 1. The second-order valence-corrected chi connectivity index (χ2v) is 4.42. The van der Waals surface area contributed by atoms with Crippen molar-refractivity contribution in [3.63, 3.8) is 0 Å². The van der Waals surface area contributed by atoms with Gasteiger partial charge in [-0.15, -0.1) is 0 Å². The van der Waals surface area contributed by atoms with Crippen LogP contribution in [-0.2, 0) is 4.74 Å². The van der Waals surface area contributed by atoms with Crippen molar-refractivity contribution >= 4 is 0 Å². The van der Waals surface area contributed by atoms with E-state index in [0.717, 1.165) is 19.5 Å². The Morgan fingerprint density at radius 1 is 1.06 bits per heavy atom. The van der Waals surface area contributed by atoms with Crippen molar-refractivity contribution in [1.29, 1.82) is 0 Å². The summed E-state index contributed by atoms with van der Waals surface area (Å²) in [7, 11) is 1.62. The van der Waals surface area contributed by atoms with Gasteiger partial charge in [-0.3, -0.25) is 0 Å². The lowest BCUT2D eigenvalue weighted by Crippen LogP contribution is -2.23. The molecule has 0 spiro atoms. The lowest BCUT2D eigenvalue weighted by atomic mass is 10.1. The van der Waals surface area contributed by atoms with E-state index < -0.39 is 0 Å². The molecule has 0 fully saturated rings. The Bertz CT molecular complexity index is 131. The number of methoxy groups -OCH3 is 1. The maximum Gasteiger partial charge on any atom is 0.0785 e. The molecule has 0 bridgehead atoms. The van der Waals surface area contributed by atoms with E-state index in [4.69, 9.17) is 4.74 Å². The molecule has 0 aromatic heterocycles. The monoisotopic (exact) mass is 231 g/mol. The zero-order chi connectivity index (χ0) is 12.1. The second kappa shape index (κ2) is 12.9. The van der Waals surface area contributed by atoms with Crippen LogP contribution in [0.5, 0.6) is 0 Å². The molecule has 3 heteroatoms. The minimum atomic E-state index is -0.318. The molecule has 0 aromatic carbocycles. The largest absolute Gasteiger partial charge is 0.391 e. The highest BCUT2D eigenvalue weighted by Crippen LogP contribution is 2.04. The van der Waals surface area contributed by atoms with Crippen molar-refractivity contribution in [2.24, 2.45) is 0 Å². The van der Waals surface area contributed by atoms with Crippen LogP contribution in [0.1, 0.15) is 51.9 Å². The van der Waals surface area contributed by atoms with Crippen molar-refractivity contribution in [3.05, 3.63) is 0 Å². The van der Waals surface area contributed by atoms with Gasteiger partial charge in [0.15, 0.2) is 0 Å². The zero-order valence-corrected chi connectivity index (χ0v) is 11.0. The average Bonchev–Trinajstić information content (AvgIpc) is 2.27. The van der Waals surface area contributed by atoms with E-state index in [-0.39, 0.29) is 6.10 Å². The van der Waals surface area contributed by atoms with Crippen molar-refractivity contribution in [2.45, 2.75) is 58.0 Å². The first kappa shape index (κ1) is 15.9. The first-order chi connectivity index (χ1) is 7.81. The number of aliphatic hydroxyl groups is 1. The summed E-state index contributed by atoms with van der Waals surface area (Å²) < 4.78 is 4.86. The van der Waals surface area contributed by atoms with Gasteiger partial charge >= 0.3 is 0 Å². The van der Waals surface area contributed by atoms with Crippen molar-refractivity contribution in [2.75, 3.05) is 26.8 Å². The first-order valence-electron chi connectivity index (χ1n) is 6.69. The molecule has 0 rings (SSSR count).